The molecule has 7 heteroatoms. The van der Waals surface area contributed by atoms with E-state index in [1.54, 1.807) is 12.4 Å². The molecule has 1 amide bonds. The number of hydrogen-bond donors (Lipinski definition) is 0. The molecule has 0 aromatic carbocycles. The number of likely N-dealkylation sites (tertiary alicyclic amines) is 1. The molecule has 3 aromatic heterocycles. The summed E-state index contributed by atoms with van der Waals surface area (Å²) in [5.74, 6) is 1.80. The second kappa shape index (κ2) is 7.63. The van der Waals surface area contributed by atoms with Crippen LogP contribution in [0.15, 0.2) is 47.2 Å². The van der Waals surface area contributed by atoms with Crippen LogP contribution in [0, 0.1) is 12.8 Å². The Morgan fingerprint density at radius 2 is 2.07 bits per heavy atom. The summed E-state index contributed by atoms with van der Waals surface area (Å²) < 4.78 is 5.59. The van der Waals surface area contributed by atoms with Gasteiger partial charge in [0.15, 0.2) is 5.82 Å². The molecule has 2 fully saturated rings. The van der Waals surface area contributed by atoms with Crippen molar-refractivity contribution < 1.29 is 9.32 Å². The van der Waals surface area contributed by atoms with Crippen molar-refractivity contribution in [3.05, 3.63) is 59.8 Å². The normalized spacial score (nSPS) is 21.6. The van der Waals surface area contributed by atoms with Crippen molar-refractivity contribution in [2.75, 3.05) is 13.1 Å². The Morgan fingerprint density at radius 1 is 1.20 bits per heavy atom. The molecule has 154 valence electrons. The number of pyridine rings is 2. The maximum absolute atomic E-state index is 13.3. The Hall–Kier alpha value is -3.09. The highest BCUT2D eigenvalue weighted by Crippen LogP contribution is 2.46. The van der Waals surface area contributed by atoms with Crippen LogP contribution in [0.25, 0.3) is 11.6 Å². The van der Waals surface area contributed by atoms with Crippen LogP contribution in [0.4, 0.5) is 0 Å². The minimum Gasteiger partial charge on any atom is -0.336 e. The lowest BCUT2D eigenvalue weighted by Crippen LogP contribution is -2.49. The van der Waals surface area contributed by atoms with E-state index in [0.29, 0.717) is 35.6 Å². The van der Waals surface area contributed by atoms with Gasteiger partial charge in [-0.15, -0.1) is 0 Å². The van der Waals surface area contributed by atoms with Gasteiger partial charge in [0.05, 0.1) is 5.41 Å². The highest BCUT2D eigenvalue weighted by atomic mass is 16.5. The molecule has 1 saturated carbocycles. The van der Waals surface area contributed by atoms with Gasteiger partial charge in [-0.25, -0.2) is 0 Å². The molecule has 0 spiro atoms. The standard InChI is InChI=1S/C23H25N5O2/c1-16-6-4-12-25-19(16)21(29)28-13-5-10-23(15-28,14-17-8-9-17)22-26-20(30-27-22)18-7-2-3-11-24-18/h2-4,6-7,11-12,17H,5,8-10,13-15H2,1H3. The Morgan fingerprint density at radius 3 is 2.83 bits per heavy atom. The lowest BCUT2D eigenvalue weighted by Gasteiger charge is -2.41. The molecule has 7 nitrogen and oxygen atoms in total. The van der Waals surface area contributed by atoms with Crippen molar-refractivity contribution in [2.45, 2.75) is 44.4 Å². The minimum absolute atomic E-state index is 0.0126. The second-order valence-corrected chi connectivity index (χ2v) is 8.57. The number of carbonyl (C=O) groups excluding carboxylic acids is 1. The third kappa shape index (κ3) is 3.60. The molecule has 0 bridgehead atoms. The summed E-state index contributed by atoms with van der Waals surface area (Å²) >= 11 is 0. The Labute approximate surface area is 175 Å². The Balaban J connectivity index is 1.46. The van der Waals surface area contributed by atoms with E-state index in [0.717, 1.165) is 31.4 Å². The topological polar surface area (TPSA) is 85.0 Å². The van der Waals surface area contributed by atoms with Gasteiger partial charge < -0.3 is 9.42 Å². The maximum atomic E-state index is 13.3. The summed E-state index contributed by atoms with van der Waals surface area (Å²) in [7, 11) is 0. The van der Waals surface area contributed by atoms with Crippen molar-refractivity contribution in [1.29, 1.82) is 0 Å². The van der Waals surface area contributed by atoms with Crippen LogP contribution in [0.2, 0.25) is 0 Å². The number of aromatic nitrogens is 4. The van der Waals surface area contributed by atoms with E-state index in [-0.39, 0.29) is 11.3 Å². The fourth-order valence-electron chi connectivity index (χ4n) is 4.51. The number of piperidine rings is 1. The first-order valence-electron chi connectivity index (χ1n) is 10.6. The third-order valence-electron chi connectivity index (χ3n) is 6.24. The molecule has 1 atom stereocenters. The van der Waals surface area contributed by atoms with Crippen LogP contribution in [0.5, 0.6) is 0 Å². The molecule has 2 aliphatic rings. The fraction of sp³-hybridized carbons (Fsp3) is 0.435. The van der Waals surface area contributed by atoms with E-state index in [1.165, 1.54) is 12.8 Å². The summed E-state index contributed by atoms with van der Waals surface area (Å²) in [6.45, 7) is 3.26. The maximum Gasteiger partial charge on any atom is 0.276 e. The molecule has 1 aliphatic heterocycles. The average molecular weight is 403 g/mol. The predicted octanol–water partition coefficient (Wildman–Crippen LogP) is 3.81. The summed E-state index contributed by atoms with van der Waals surface area (Å²) in [5, 5.41) is 4.37. The molecule has 4 heterocycles. The van der Waals surface area contributed by atoms with Crippen molar-refractivity contribution in [2.24, 2.45) is 5.92 Å². The quantitative estimate of drug-likeness (QED) is 0.644. The van der Waals surface area contributed by atoms with E-state index < -0.39 is 0 Å². The number of nitrogens with zero attached hydrogens (tertiary/aromatic N) is 5. The summed E-state index contributed by atoms with van der Waals surface area (Å²) in [6.07, 6.45) is 8.72. The molecule has 1 unspecified atom stereocenters. The lowest BCUT2D eigenvalue weighted by molar-refractivity contribution is 0.0600. The van der Waals surface area contributed by atoms with Gasteiger partial charge in [0.25, 0.3) is 11.8 Å². The van der Waals surface area contributed by atoms with Gasteiger partial charge in [0.1, 0.15) is 11.4 Å². The highest BCUT2D eigenvalue weighted by Gasteiger charge is 2.46. The SMILES string of the molecule is Cc1cccnc1C(=O)N1CCCC(CC2CC2)(c2noc(-c3ccccn3)n2)C1. The molecule has 0 radical (unpaired) electrons. The van der Waals surface area contributed by atoms with Gasteiger partial charge in [0.2, 0.25) is 0 Å². The van der Waals surface area contributed by atoms with Crippen LogP contribution < -0.4 is 0 Å². The first-order chi connectivity index (χ1) is 14.6. The van der Waals surface area contributed by atoms with Gasteiger partial charge in [-0.3, -0.25) is 14.8 Å². The van der Waals surface area contributed by atoms with Crippen molar-refractivity contribution >= 4 is 5.91 Å². The van der Waals surface area contributed by atoms with Gasteiger partial charge in [-0.05, 0) is 55.9 Å². The number of hydrogen-bond acceptors (Lipinski definition) is 6. The smallest absolute Gasteiger partial charge is 0.276 e. The second-order valence-electron chi connectivity index (χ2n) is 8.57. The van der Waals surface area contributed by atoms with Gasteiger partial charge >= 0.3 is 0 Å². The molecule has 1 aliphatic carbocycles. The minimum atomic E-state index is -0.283. The molecule has 0 N–H and O–H groups in total. The fourth-order valence-corrected chi connectivity index (χ4v) is 4.51. The van der Waals surface area contributed by atoms with Crippen molar-refractivity contribution in [3.63, 3.8) is 0 Å². The highest BCUT2D eigenvalue weighted by molar-refractivity contribution is 5.93. The first-order valence-corrected chi connectivity index (χ1v) is 10.6. The monoisotopic (exact) mass is 403 g/mol. The molecular weight excluding hydrogens is 378 g/mol. The van der Waals surface area contributed by atoms with Gasteiger partial charge in [-0.2, -0.15) is 4.98 Å². The zero-order valence-corrected chi connectivity index (χ0v) is 17.1. The van der Waals surface area contributed by atoms with Crippen LogP contribution in [-0.4, -0.2) is 44.0 Å². The zero-order valence-electron chi connectivity index (χ0n) is 17.1. The van der Waals surface area contributed by atoms with Crippen LogP contribution in [-0.2, 0) is 5.41 Å². The lowest BCUT2D eigenvalue weighted by atomic mass is 9.74. The molecule has 5 rings (SSSR count). The predicted molar refractivity (Wildman–Crippen MR) is 111 cm³/mol. The third-order valence-corrected chi connectivity index (χ3v) is 6.24. The largest absolute Gasteiger partial charge is 0.336 e. The number of rotatable bonds is 5. The van der Waals surface area contributed by atoms with Crippen molar-refractivity contribution in [3.8, 4) is 11.6 Å². The molecule has 3 aromatic rings. The van der Waals surface area contributed by atoms with E-state index in [4.69, 9.17) is 9.51 Å². The van der Waals surface area contributed by atoms with Crippen LogP contribution in [0.3, 0.4) is 0 Å². The van der Waals surface area contributed by atoms with Gasteiger partial charge in [0, 0.05) is 25.5 Å². The van der Waals surface area contributed by atoms with Crippen LogP contribution >= 0.6 is 0 Å². The molecule has 30 heavy (non-hydrogen) atoms. The Bertz CT molecular complexity index is 1050. The first kappa shape index (κ1) is 18.9. The van der Waals surface area contributed by atoms with E-state index in [9.17, 15) is 4.79 Å². The van der Waals surface area contributed by atoms with Crippen LogP contribution in [0.1, 0.15) is 54.0 Å². The number of carbonyl (C=O) groups is 1. The van der Waals surface area contributed by atoms with Gasteiger partial charge in [-0.1, -0.05) is 30.1 Å². The molecule has 1 saturated heterocycles. The van der Waals surface area contributed by atoms with E-state index in [2.05, 4.69) is 15.1 Å². The average Bonchev–Trinajstić information content (AvgIpc) is 3.44. The Kier molecular flexibility index (Phi) is 4.81. The summed E-state index contributed by atoms with van der Waals surface area (Å²) in [6, 6.07) is 9.42. The number of aryl methyl sites for hydroxylation is 1. The summed E-state index contributed by atoms with van der Waals surface area (Å²) in [4.78, 5) is 28.6. The van der Waals surface area contributed by atoms with Crippen molar-refractivity contribution in [1.82, 2.24) is 25.0 Å². The zero-order chi connectivity index (χ0) is 20.6. The van der Waals surface area contributed by atoms with E-state index in [1.807, 2.05) is 42.2 Å². The summed E-state index contributed by atoms with van der Waals surface area (Å²) in [5.41, 5.74) is 1.82. The number of amides is 1. The van der Waals surface area contributed by atoms with E-state index >= 15 is 0 Å². The molecular formula is C23H25N5O2.